The fraction of sp³-hybridized carbons (Fsp3) is 0.500. The third-order valence-electron chi connectivity index (χ3n) is 12.2. The first-order valence-electron chi connectivity index (χ1n) is 22.6. The van der Waals surface area contributed by atoms with Gasteiger partial charge in [0.05, 0.1) is 25.4 Å². The maximum Gasteiger partial charge on any atom is 0.319 e. The number of nitrogens with zero attached hydrogens (tertiary/aromatic N) is 7. The minimum absolute atomic E-state index is 0.264. The number of rotatable bonds is 18. The van der Waals surface area contributed by atoms with Crippen molar-refractivity contribution in [2.45, 2.75) is 91.0 Å². The summed E-state index contributed by atoms with van der Waals surface area (Å²) in [6.45, 7) is 15.6. The molecule has 14 nitrogen and oxygen atoms in total. The Morgan fingerprint density at radius 3 is 1.71 bits per heavy atom. The summed E-state index contributed by atoms with van der Waals surface area (Å²) in [4.78, 5) is 32.5. The first kappa shape index (κ1) is 43.4. The van der Waals surface area contributed by atoms with Gasteiger partial charge in [-0.3, -0.25) is 9.80 Å². The molecule has 2 aromatic carbocycles. The molecule has 2 aliphatic heterocycles. The summed E-state index contributed by atoms with van der Waals surface area (Å²) in [6, 6.07) is 18.6. The highest BCUT2D eigenvalue weighted by Gasteiger charge is 2.23. The highest BCUT2D eigenvalue weighted by Crippen LogP contribution is 2.28. The number of aromatic amines is 2. The van der Waals surface area contributed by atoms with Gasteiger partial charge in [-0.05, 0) is 74.8 Å². The van der Waals surface area contributed by atoms with Crippen LogP contribution in [0.25, 0.3) is 22.1 Å². The quantitative estimate of drug-likeness (QED) is 0.0656. The zero-order valence-corrected chi connectivity index (χ0v) is 37.0. The highest BCUT2D eigenvalue weighted by atomic mass is 16.5. The van der Waals surface area contributed by atoms with Crippen molar-refractivity contribution < 1.29 is 14.2 Å². The Labute approximate surface area is 365 Å². The van der Waals surface area contributed by atoms with Crippen LogP contribution < -0.4 is 20.9 Å². The van der Waals surface area contributed by atoms with Crippen LogP contribution in [0, 0.1) is 5.92 Å². The van der Waals surface area contributed by atoms with E-state index in [2.05, 4.69) is 111 Å². The van der Waals surface area contributed by atoms with E-state index in [0.29, 0.717) is 42.8 Å². The molecule has 8 rings (SSSR count). The maximum absolute atomic E-state index is 6.40. The van der Waals surface area contributed by atoms with E-state index in [9.17, 15) is 0 Å². The van der Waals surface area contributed by atoms with Gasteiger partial charge in [-0.1, -0.05) is 61.9 Å². The van der Waals surface area contributed by atoms with Crippen LogP contribution in [0.2, 0.25) is 0 Å². The maximum atomic E-state index is 6.40. The van der Waals surface area contributed by atoms with Crippen LogP contribution in [0.5, 0.6) is 12.0 Å². The van der Waals surface area contributed by atoms with Crippen LogP contribution in [-0.2, 0) is 30.7 Å². The largest absolute Gasteiger partial charge is 0.463 e. The molecule has 4 aromatic heterocycles. The molecule has 3 unspecified atom stereocenters. The van der Waals surface area contributed by atoms with Gasteiger partial charge in [0.2, 0.25) is 0 Å². The molecule has 0 amide bonds. The summed E-state index contributed by atoms with van der Waals surface area (Å²) < 4.78 is 17.8. The van der Waals surface area contributed by atoms with Gasteiger partial charge < -0.3 is 40.5 Å². The molecule has 2 aliphatic rings. The van der Waals surface area contributed by atoms with Crippen molar-refractivity contribution in [1.82, 2.24) is 44.6 Å². The summed E-state index contributed by atoms with van der Waals surface area (Å²) in [5.74, 6) is 1.41. The molecule has 2 saturated heterocycles. The molecule has 6 aromatic rings. The Morgan fingerprint density at radius 2 is 1.16 bits per heavy atom. The molecule has 0 bridgehead atoms. The fourth-order valence-electron chi connectivity index (χ4n) is 9.10. The van der Waals surface area contributed by atoms with E-state index in [1.165, 1.54) is 22.3 Å². The summed E-state index contributed by atoms with van der Waals surface area (Å²) in [5.41, 5.74) is 23.0. The van der Waals surface area contributed by atoms with Gasteiger partial charge in [0.1, 0.15) is 22.1 Å². The van der Waals surface area contributed by atoms with E-state index >= 15 is 0 Å². The summed E-state index contributed by atoms with van der Waals surface area (Å²) in [6.07, 6.45) is 11.1. The Morgan fingerprint density at radius 1 is 0.645 bits per heavy atom. The Hall–Kier alpha value is -5.28. The van der Waals surface area contributed by atoms with Gasteiger partial charge >= 0.3 is 12.0 Å². The summed E-state index contributed by atoms with van der Waals surface area (Å²) in [5, 5.41) is 0. The van der Waals surface area contributed by atoms with E-state index in [1.54, 1.807) is 0 Å². The molecule has 0 saturated carbocycles. The van der Waals surface area contributed by atoms with Crippen LogP contribution in [0.1, 0.15) is 86.3 Å². The molecule has 2 fully saturated rings. The number of anilines is 2. The number of hydrogen-bond donors (Lipinski definition) is 4. The average Bonchev–Trinajstić information content (AvgIpc) is 3.79. The lowest BCUT2D eigenvalue weighted by Gasteiger charge is -2.35. The molecule has 0 radical (unpaired) electrons. The zero-order chi connectivity index (χ0) is 43.0. The number of nitrogen functional groups attached to an aromatic ring is 2. The monoisotopic (exact) mass is 844 g/mol. The second-order valence-corrected chi connectivity index (χ2v) is 17.7. The van der Waals surface area contributed by atoms with Crippen molar-refractivity contribution in [1.29, 1.82) is 0 Å². The number of fused-ring (bicyclic) bond motifs is 2. The Balaban J connectivity index is 0.800. The molecular formula is C48H65N11O3. The number of hydrogen-bond acceptors (Lipinski definition) is 12. The zero-order valence-electron chi connectivity index (χ0n) is 37.0. The molecular weight excluding hydrogens is 779 g/mol. The van der Waals surface area contributed by atoms with Crippen molar-refractivity contribution >= 4 is 33.7 Å². The van der Waals surface area contributed by atoms with E-state index in [4.69, 9.17) is 35.6 Å². The lowest BCUT2D eigenvalue weighted by molar-refractivity contribution is -0.0704. The molecule has 6 heterocycles. The van der Waals surface area contributed by atoms with E-state index < -0.39 is 0 Å². The predicted octanol–water partition coefficient (Wildman–Crippen LogP) is 6.98. The fourth-order valence-corrected chi connectivity index (χ4v) is 9.10. The van der Waals surface area contributed by atoms with Gasteiger partial charge in [-0.15, -0.1) is 0 Å². The minimum atomic E-state index is 0.264. The second kappa shape index (κ2) is 20.3. The molecule has 3 atom stereocenters. The summed E-state index contributed by atoms with van der Waals surface area (Å²) >= 11 is 0. The number of unbranched alkanes of at least 4 members (excludes halogenated alkanes) is 2. The second-order valence-electron chi connectivity index (χ2n) is 17.7. The summed E-state index contributed by atoms with van der Waals surface area (Å²) in [7, 11) is 2.24. The van der Waals surface area contributed by atoms with Gasteiger partial charge in [0.15, 0.2) is 11.6 Å². The van der Waals surface area contributed by atoms with Crippen molar-refractivity contribution in [2.24, 2.45) is 5.92 Å². The molecule has 14 heteroatoms. The predicted molar refractivity (Wildman–Crippen MR) is 246 cm³/mol. The third-order valence-corrected chi connectivity index (χ3v) is 12.2. The van der Waals surface area contributed by atoms with Crippen LogP contribution in [0.15, 0.2) is 60.9 Å². The highest BCUT2D eigenvalue weighted by molar-refractivity contribution is 5.88. The number of benzene rings is 2. The number of ether oxygens (including phenoxy) is 3. The topological polar surface area (TPSA) is 173 Å². The lowest BCUT2D eigenvalue weighted by atomic mass is 10.0. The Bertz CT molecular complexity index is 2350. The minimum Gasteiger partial charge on any atom is -0.463 e. The number of H-pyrrole nitrogens is 2. The van der Waals surface area contributed by atoms with Gasteiger partial charge in [0.25, 0.3) is 0 Å². The van der Waals surface area contributed by atoms with E-state index in [0.717, 1.165) is 130 Å². The number of morpholine rings is 1. The van der Waals surface area contributed by atoms with Gasteiger partial charge in [-0.25, -0.2) is 0 Å². The van der Waals surface area contributed by atoms with Crippen LogP contribution in [0.4, 0.5) is 11.6 Å². The van der Waals surface area contributed by atoms with Crippen LogP contribution in [-0.4, -0.2) is 116 Å². The number of nitrogens with two attached hydrogens (primary N) is 2. The average molecular weight is 844 g/mol. The molecule has 0 spiro atoms. The number of aromatic nitrogens is 6. The van der Waals surface area contributed by atoms with E-state index in [-0.39, 0.29) is 12.2 Å². The molecule has 62 heavy (non-hydrogen) atoms. The van der Waals surface area contributed by atoms with Crippen molar-refractivity contribution in [3.63, 3.8) is 0 Å². The van der Waals surface area contributed by atoms with E-state index in [1.807, 2.05) is 12.4 Å². The first-order chi connectivity index (χ1) is 30.1. The smallest absolute Gasteiger partial charge is 0.319 e. The van der Waals surface area contributed by atoms with Crippen molar-refractivity contribution in [3.05, 3.63) is 94.3 Å². The van der Waals surface area contributed by atoms with Crippen LogP contribution >= 0.6 is 0 Å². The van der Waals surface area contributed by atoms with Gasteiger partial charge in [0, 0.05) is 88.7 Å². The standard InChI is InChI=1S/C48H65N11O3/c1-5-6-20-60-47-53-41-39(24-51-43(41)45(49)55-47)22-34-10-14-36(15-11-34)29-58-19-18-57(4)28-38(31-58)9-7-8-21-61-48-54-42-40(25-52-44(42)46(50)56-48)23-35-12-16-37(17-13-35)30-59-26-32(2)62-33(3)27-59/h10-17,24-25,32-33,38,51-52H,5-9,18-23,26-31H2,1-4H3,(H2,49,53,55)(H2,50,54,56). The first-order valence-corrected chi connectivity index (χ1v) is 22.6. The SMILES string of the molecule is CCCCOc1nc(N)c2[nH]cc(Cc3ccc(CN4CCN(C)CC(CCCCOc5nc(N)c6[nH]cc(Cc7ccc(CN8CC(C)OC(C)C8)cc7)c6n5)C4)cc3)c2n1. The molecule has 6 N–H and O–H groups in total. The number of likely N-dealkylation sites (N-methyl/N-ethyl adjacent to an activating group) is 1. The van der Waals surface area contributed by atoms with Crippen molar-refractivity contribution in [3.8, 4) is 12.0 Å². The molecule has 330 valence electrons. The van der Waals surface area contributed by atoms with Crippen molar-refractivity contribution in [2.75, 3.05) is 71.0 Å². The third kappa shape index (κ3) is 11.2. The number of nitrogens with one attached hydrogen (secondary N) is 2. The normalized spacial score (nSPS) is 19.3. The molecule has 0 aliphatic carbocycles. The van der Waals surface area contributed by atoms with Gasteiger partial charge in [-0.2, -0.15) is 19.9 Å². The Kier molecular flexibility index (Phi) is 14.2. The lowest BCUT2D eigenvalue weighted by Crippen LogP contribution is -2.44. The van der Waals surface area contributed by atoms with Crippen LogP contribution in [0.3, 0.4) is 0 Å².